The van der Waals surface area contributed by atoms with Gasteiger partial charge in [-0.1, -0.05) is 20.8 Å². The fourth-order valence-corrected chi connectivity index (χ4v) is 4.45. The predicted octanol–water partition coefficient (Wildman–Crippen LogP) is 2.73. The second-order valence-corrected chi connectivity index (χ2v) is 7.58. The molecule has 2 bridgehead atoms. The van der Waals surface area contributed by atoms with Crippen molar-refractivity contribution in [3.05, 3.63) is 35.4 Å². The van der Waals surface area contributed by atoms with E-state index in [9.17, 15) is 9.59 Å². The summed E-state index contributed by atoms with van der Waals surface area (Å²) in [5.41, 5.74) is 6.67. The summed E-state index contributed by atoms with van der Waals surface area (Å²) in [6, 6.07) is 6.75. The van der Waals surface area contributed by atoms with Gasteiger partial charge in [-0.2, -0.15) is 0 Å². The molecule has 0 aliphatic heterocycles. The third-order valence-electron chi connectivity index (χ3n) is 6.53. The molecule has 0 aromatic heterocycles. The molecule has 1 aromatic rings. The van der Waals surface area contributed by atoms with Crippen molar-refractivity contribution in [2.24, 2.45) is 22.5 Å². The Kier molecular flexibility index (Phi) is 3.31. The fraction of sp³-hybridized carbons (Fsp3) is 0.556. The van der Waals surface area contributed by atoms with Crippen LogP contribution in [0.3, 0.4) is 0 Å². The van der Waals surface area contributed by atoms with Gasteiger partial charge < -0.3 is 11.1 Å². The number of benzene rings is 1. The van der Waals surface area contributed by atoms with E-state index >= 15 is 0 Å². The van der Waals surface area contributed by atoms with E-state index in [1.165, 1.54) is 12.8 Å². The van der Waals surface area contributed by atoms with E-state index in [2.05, 4.69) is 26.1 Å². The van der Waals surface area contributed by atoms with Crippen molar-refractivity contribution < 1.29 is 9.59 Å². The number of nitrogens with one attached hydrogen (secondary N) is 1. The summed E-state index contributed by atoms with van der Waals surface area (Å²) < 4.78 is 0. The van der Waals surface area contributed by atoms with Crippen molar-refractivity contribution in [3.8, 4) is 0 Å². The van der Waals surface area contributed by atoms with Crippen molar-refractivity contribution in [3.63, 3.8) is 0 Å². The molecule has 3 rings (SSSR count). The van der Waals surface area contributed by atoms with Gasteiger partial charge in [0.05, 0.1) is 0 Å². The average molecular weight is 300 g/mol. The topological polar surface area (TPSA) is 72.2 Å². The average Bonchev–Trinajstić information content (AvgIpc) is 2.80. The van der Waals surface area contributed by atoms with Crippen LogP contribution in [0.4, 0.5) is 0 Å². The Bertz CT molecular complexity index is 620. The van der Waals surface area contributed by atoms with E-state index in [1.54, 1.807) is 24.3 Å². The minimum Gasteiger partial charge on any atom is -0.366 e. The zero-order chi connectivity index (χ0) is 16.1. The molecular formula is C18H24N2O2. The van der Waals surface area contributed by atoms with Crippen LogP contribution >= 0.6 is 0 Å². The van der Waals surface area contributed by atoms with Gasteiger partial charge in [0.15, 0.2) is 0 Å². The van der Waals surface area contributed by atoms with E-state index in [0.717, 1.165) is 6.42 Å². The first kappa shape index (κ1) is 15.1. The van der Waals surface area contributed by atoms with Gasteiger partial charge in [-0.25, -0.2) is 0 Å². The highest BCUT2D eigenvalue weighted by Crippen LogP contribution is 2.65. The van der Waals surface area contributed by atoms with Crippen LogP contribution in [-0.2, 0) is 0 Å². The van der Waals surface area contributed by atoms with Gasteiger partial charge >= 0.3 is 0 Å². The molecule has 4 heteroatoms. The molecule has 4 nitrogen and oxygen atoms in total. The van der Waals surface area contributed by atoms with Crippen LogP contribution in [0.25, 0.3) is 0 Å². The molecular weight excluding hydrogens is 276 g/mol. The van der Waals surface area contributed by atoms with Crippen LogP contribution in [0.1, 0.15) is 60.7 Å². The lowest BCUT2D eigenvalue weighted by molar-refractivity contribution is 0.0825. The molecule has 0 spiro atoms. The van der Waals surface area contributed by atoms with Crippen LogP contribution < -0.4 is 11.1 Å². The molecule has 1 aromatic carbocycles. The molecule has 2 aliphatic rings. The number of nitrogens with two attached hydrogens (primary N) is 1. The summed E-state index contributed by atoms with van der Waals surface area (Å²) in [6.07, 6.45) is 3.51. The first-order valence-electron chi connectivity index (χ1n) is 7.96. The summed E-state index contributed by atoms with van der Waals surface area (Å²) >= 11 is 0. The van der Waals surface area contributed by atoms with Crippen LogP contribution in [0.2, 0.25) is 0 Å². The van der Waals surface area contributed by atoms with Crippen LogP contribution in [0.15, 0.2) is 24.3 Å². The number of hydrogen-bond acceptors (Lipinski definition) is 2. The summed E-state index contributed by atoms with van der Waals surface area (Å²) in [7, 11) is 0. The van der Waals surface area contributed by atoms with E-state index in [1.807, 2.05) is 0 Å². The first-order valence-corrected chi connectivity index (χ1v) is 7.96. The molecule has 2 aliphatic carbocycles. The summed E-state index contributed by atoms with van der Waals surface area (Å²) in [4.78, 5) is 23.6. The van der Waals surface area contributed by atoms with Gasteiger partial charge in [-0.05, 0) is 60.3 Å². The van der Waals surface area contributed by atoms with E-state index in [0.29, 0.717) is 17.0 Å². The Labute approximate surface area is 131 Å². The maximum absolute atomic E-state index is 12.5. The van der Waals surface area contributed by atoms with Crippen molar-refractivity contribution >= 4 is 11.8 Å². The molecule has 3 N–H and O–H groups in total. The number of carbonyl (C=O) groups is 2. The molecule has 0 saturated heterocycles. The first-order chi connectivity index (χ1) is 10.3. The Morgan fingerprint density at radius 1 is 1.14 bits per heavy atom. The molecule has 3 unspecified atom stereocenters. The van der Waals surface area contributed by atoms with Gasteiger partial charge in [0, 0.05) is 17.2 Å². The fourth-order valence-electron chi connectivity index (χ4n) is 4.45. The van der Waals surface area contributed by atoms with Crippen LogP contribution in [0, 0.1) is 16.7 Å². The molecule has 0 radical (unpaired) electrons. The van der Waals surface area contributed by atoms with Crippen molar-refractivity contribution in [1.29, 1.82) is 0 Å². The zero-order valence-corrected chi connectivity index (χ0v) is 13.5. The minimum absolute atomic E-state index is 0.0643. The van der Waals surface area contributed by atoms with Crippen LogP contribution in [-0.4, -0.2) is 17.9 Å². The standard InChI is InChI=1S/C18H24N2O2/c1-17(2)13-8-9-18(17,3)14(10-13)20-16(22)12-6-4-11(5-7-12)15(19)21/h4-7,13-14H,8-10H2,1-3H3,(H2,19,21)(H,20,22). The summed E-state index contributed by atoms with van der Waals surface area (Å²) in [5, 5.41) is 3.22. The highest BCUT2D eigenvalue weighted by atomic mass is 16.2. The van der Waals surface area contributed by atoms with Gasteiger partial charge in [-0.3, -0.25) is 9.59 Å². The number of fused-ring (bicyclic) bond motifs is 2. The number of carbonyl (C=O) groups excluding carboxylic acids is 2. The lowest BCUT2D eigenvalue weighted by Crippen LogP contribution is -2.46. The number of rotatable bonds is 3. The molecule has 2 amide bonds. The lowest BCUT2D eigenvalue weighted by Gasteiger charge is -2.39. The summed E-state index contributed by atoms with van der Waals surface area (Å²) in [5.74, 6) is 0.153. The summed E-state index contributed by atoms with van der Waals surface area (Å²) in [6.45, 7) is 6.97. The molecule has 0 heterocycles. The maximum Gasteiger partial charge on any atom is 0.251 e. The molecule has 2 saturated carbocycles. The normalized spacial score (nSPS) is 32.0. The molecule has 22 heavy (non-hydrogen) atoms. The van der Waals surface area contributed by atoms with Crippen molar-refractivity contribution in [2.75, 3.05) is 0 Å². The van der Waals surface area contributed by atoms with Gasteiger partial charge in [0.25, 0.3) is 5.91 Å². The third-order valence-corrected chi connectivity index (χ3v) is 6.53. The Morgan fingerprint density at radius 2 is 1.73 bits per heavy atom. The largest absolute Gasteiger partial charge is 0.366 e. The molecule has 3 atom stereocenters. The van der Waals surface area contributed by atoms with E-state index < -0.39 is 5.91 Å². The van der Waals surface area contributed by atoms with Crippen molar-refractivity contribution in [2.45, 2.75) is 46.1 Å². The molecule has 118 valence electrons. The Balaban J connectivity index is 1.74. The quantitative estimate of drug-likeness (QED) is 0.901. The number of amides is 2. The van der Waals surface area contributed by atoms with Crippen LogP contribution in [0.5, 0.6) is 0 Å². The second kappa shape index (κ2) is 4.83. The Hall–Kier alpha value is -1.84. The SMILES string of the molecule is CC1(C)C2CCC1(C)C(NC(=O)c1ccc(C(N)=O)cc1)C2. The van der Waals surface area contributed by atoms with E-state index in [4.69, 9.17) is 5.73 Å². The van der Waals surface area contributed by atoms with Gasteiger partial charge in [0.2, 0.25) is 5.91 Å². The Morgan fingerprint density at radius 3 is 2.18 bits per heavy atom. The van der Waals surface area contributed by atoms with Gasteiger partial charge in [0.1, 0.15) is 0 Å². The smallest absolute Gasteiger partial charge is 0.251 e. The predicted molar refractivity (Wildman–Crippen MR) is 85.4 cm³/mol. The van der Waals surface area contributed by atoms with E-state index in [-0.39, 0.29) is 22.8 Å². The highest BCUT2D eigenvalue weighted by Gasteiger charge is 2.61. The molecule has 2 fully saturated rings. The minimum atomic E-state index is -0.477. The third kappa shape index (κ3) is 2.04. The van der Waals surface area contributed by atoms with Gasteiger partial charge in [-0.15, -0.1) is 0 Å². The number of hydrogen-bond donors (Lipinski definition) is 2. The maximum atomic E-state index is 12.5. The second-order valence-electron chi connectivity index (χ2n) is 7.58. The highest BCUT2D eigenvalue weighted by molar-refractivity contribution is 5.97. The zero-order valence-electron chi connectivity index (χ0n) is 13.5. The van der Waals surface area contributed by atoms with Crippen molar-refractivity contribution in [1.82, 2.24) is 5.32 Å². The monoisotopic (exact) mass is 300 g/mol. The number of primary amides is 1. The lowest BCUT2D eigenvalue weighted by atomic mass is 9.69.